The topological polar surface area (TPSA) is 99.9 Å². The van der Waals surface area contributed by atoms with E-state index in [-0.39, 0.29) is 12.3 Å². The number of hydrogen-bond acceptors (Lipinski definition) is 6. The molecule has 0 unspecified atom stereocenters. The van der Waals surface area contributed by atoms with Gasteiger partial charge in [-0.15, -0.1) is 0 Å². The fourth-order valence-electron chi connectivity index (χ4n) is 2.59. The molecule has 0 aliphatic rings. The van der Waals surface area contributed by atoms with E-state index in [4.69, 9.17) is 19.9 Å². The van der Waals surface area contributed by atoms with Crippen LogP contribution >= 0.6 is 0 Å². The molecule has 3 N–H and O–H groups in total. The Hall–Kier alpha value is -3.22. The summed E-state index contributed by atoms with van der Waals surface area (Å²) < 4.78 is 15.6. The molecular weight excluding hydrogens is 336 g/mol. The molecule has 7 nitrogen and oxygen atoms in total. The summed E-state index contributed by atoms with van der Waals surface area (Å²) >= 11 is 0. The summed E-state index contributed by atoms with van der Waals surface area (Å²) in [4.78, 5) is 23.6. The molecule has 26 heavy (non-hydrogen) atoms. The Balaban J connectivity index is 2.09. The van der Waals surface area contributed by atoms with Crippen LogP contribution in [-0.2, 0) is 11.2 Å². The molecule has 2 rings (SSSR count). The number of benzene rings is 2. The Morgan fingerprint density at radius 3 is 2.38 bits per heavy atom. The number of ether oxygens (including phenoxy) is 3. The molecule has 1 amide bonds. The van der Waals surface area contributed by atoms with Gasteiger partial charge in [-0.25, -0.2) is 0 Å². The first-order chi connectivity index (χ1) is 12.5. The molecule has 0 aliphatic heterocycles. The predicted octanol–water partition coefficient (Wildman–Crippen LogP) is 2.68. The number of carbonyl (C=O) groups excluding carboxylic acids is 2. The van der Waals surface area contributed by atoms with E-state index in [1.807, 2.05) is 0 Å². The summed E-state index contributed by atoms with van der Waals surface area (Å²) in [5, 5.41) is 2.77. The molecule has 0 fully saturated rings. The Kier molecular flexibility index (Phi) is 6.43. The highest BCUT2D eigenvalue weighted by atomic mass is 16.5. The maximum absolute atomic E-state index is 12.2. The quantitative estimate of drug-likeness (QED) is 0.556. The van der Waals surface area contributed by atoms with E-state index in [0.29, 0.717) is 46.2 Å². The monoisotopic (exact) mass is 358 g/mol. The van der Waals surface area contributed by atoms with E-state index in [0.717, 1.165) is 6.29 Å². The Morgan fingerprint density at radius 2 is 1.81 bits per heavy atom. The second kappa shape index (κ2) is 8.75. The van der Waals surface area contributed by atoms with Crippen LogP contribution in [0.5, 0.6) is 17.2 Å². The number of carbonyl (C=O) groups is 2. The molecule has 0 saturated heterocycles. The minimum absolute atomic E-state index is 0.176. The van der Waals surface area contributed by atoms with Crippen molar-refractivity contribution in [2.45, 2.75) is 12.8 Å². The van der Waals surface area contributed by atoms with Gasteiger partial charge in [0.25, 0.3) is 0 Å². The molecule has 7 heteroatoms. The highest BCUT2D eigenvalue weighted by Crippen LogP contribution is 2.29. The molecule has 0 spiro atoms. The van der Waals surface area contributed by atoms with Gasteiger partial charge in [-0.3, -0.25) is 9.59 Å². The van der Waals surface area contributed by atoms with Crippen molar-refractivity contribution in [2.75, 3.05) is 32.4 Å². The third-order valence-corrected chi connectivity index (χ3v) is 3.92. The Bertz CT molecular complexity index is 805. The average Bonchev–Trinajstić information content (AvgIpc) is 2.65. The van der Waals surface area contributed by atoms with Gasteiger partial charge in [0.15, 0.2) is 6.29 Å². The Morgan fingerprint density at radius 1 is 1.08 bits per heavy atom. The molecule has 0 radical (unpaired) electrons. The maximum atomic E-state index is 12.2. The van der Waals surface area contributed by atoms with Crippen molar-refractivity contribution in [3.63, 3.8) is 0 Å². The highest BCUT2D eigenvalue weighted by molar-refractivity contribution is 5.92. The number of nitrogens with two attached hydrogens (primary N) is 1. The fourth-order valence-corrected chi connectivity index (χ4v) is 2.59. The van der Waals surface area contributed by atoms with E-state index in [1.54, 1.807) is 30.3 Å². The van der Waals surface area contributed by atoms with Gasteiger partial charge < -0.3 is 25.3 Å². The van der Waals surface area contributed by atoms with Crippen molar-refractivity contribution >= 4 is 23.6 Å². The van der Waals surface area contributed by atoms with Crippen molar-refractivity contribution in [1.29, 1.82) is 0 Å². The number of aldehydes is 1. The summed E-state index contributed by atoms with van der Waals surface area (Å²) in [7, 11) is 4.54. The lowest BCUT2D eigenvalue weighted by atomic mass is 10.0. The first kappa shape index (κ1) is 19.1. The van der Waals surface area contributed by atoms with E-state index in [9.17, 15) is 9.59 Å². The van der Waals surface area contributed by atoms with Crippen molar-refractivity contribution in [2.24, 2.45) is 0 Å². The highest BCUT2D eigenvalue weighted by Gasteiger charge is 2.14. The molecule has 0 saturated carbocycles. The largest absolute Gasteiger partial charge is 0.497 e. The van der Waals surface area contributed by atoms with Gasteiger partial charge >= 0.3 is 0 Å². The second-order valence-electron chi connectivity index (χ2n) is 5.52. The van der Waals surface area contributed by atoms with Crippen LogP contribution in [0.25, 0.3) is 0 Å². The van der Waals surface area contributed by atoms with E-state index in [2.05, 4.69) is 5.32 Å². The number of amides is 1. The van der Waals surface area contributed by atoms with Gasteiger partial charge in [-0.2, -0.15) is 0 Å². The summed E-state index contributed by atoms with van der Waals surface area (Å²) in [6.07, 6.45) is 1.25. The van der Waals surface area contributed by atoms with Crippen LogP contribution in [0.4, 0.5) is 11.4 Å². The molecule has 0 heterocycles. The van der Waals surface area contributed by atoms with Crippen LogP contribution in [0.3, 0.4) is 0 Å². The van der Waals surface area contributed by atoms with Gasteiger partial charge in [0.2, 0.25) is 5.91 Å². The molecule has 2 aromatic rings. The standard InChI is InChI=1S/C19H22N2O5/c1-24-14-8-12(11-22)15(18(10-14)26-3)5-7-19(23)21-13-4-6-17(25-2)16(20)9-13/h4,6,8-11H,5,7,20H2,1-3H3,(H,21,23). The third kappa shape index (κ3) is 4.44. The normalized spacial score (nSPS) is 10.1. The molecule has 0 aliphatic carbocycles. The molecule has 138 valence electrons. The number of anilines is 2. The van der Waals surface area contributed by atoms with Crippen molar-refractivity contribution in [3.8, 4) is 17.2 Å². The van der Waals surface area contributed by atoms with Crippen molar-refractivity contribution < 1.29 is 23.8 Å². The summed E-state index contributed by atoms with van der Waals surface area (Å²) in [5.41, 5.74) is 7.94. The van der Waals surface area contributed by atoms with Crippen LogP contribution < -0.4 is 25.3 Å². The van der Waals surface area contributed by atoms with Crippen LogP contribution in [0.15, 0.2) is 30.3 Å². The summed E-state index contributed by atoms with van der Waals surface area (Å²) in [5.74, 6) is 1.37. The van der Waals surface area contributed by atoms with Gasteiger partial charge in [-0.1, -0.05) is 0 Å². The first-order valence-corrected chi connectivity index (χ1v) is 7.95. The lowest BCUT2D eigenvalue weighted by molar-refractivity contribution is -0.116. The van der Waals surface area contributed by atoms with Gasteiger partial charge in [0, 0.05) is 29.3 Å². The predicted molar refractivity (Wildman–Crippen MR) is 99.3 cm³/mol. The van der Waals surface area contributed by atoms with Crippen LogP contribution in [0.1, 0.15) is 22.3 Å². The fraction of sp³-hybridized carbons (Fsp3) is 0.263. The number of rotatable bonds is 8. The number of nitrogen functional groups attached to an aromatic ring is 1. The number of hydrogen-bond donors (Lipinski definition) is 2. The number of methoxy groups -OCH3 is 3. The van der Waals surface area contributed by atoms with Crippen LogP contribution in [0.2, 0.25) is 0 Å². The smallest absolute Gasteiger partial charge is 0.224 e. The maximum Gasteiger partial charge on any atom is 0.224 e. The van der Waals surface area contributed by atoms with Gasteiger partial charge in [0.05, 0.1) is 27.0 Å². The van der Waals surface area contributed by atoms with Crippen LogP contribution in [-0.4, -0.2) is 33.5 Å². The minimum Gasteiger partial charge on any atom is -0.497 e. The van der Waals surface area contributed by atoms with E-state index >= 15 is 0 Å². The van der Waals surface area contributed by atoms with Gasteiger partial charge in [0.1, 0.15) is 17.2 Å². The third-order valence-electron chi connectivity index (χ3n) is 3.92. The van der Waals surface area contributed by atoms with E-state index in [1.165, 1.54) is 21.3 Å². The van der Waals surface area contributed by atoms with Crippen molar-refractivity contribution in [3.05, 3.63) is 41.5 Å². The number of nitrogens with one attached hydrogen (secondary N) is 1. The van der Waals surface area contributed by atoms with Crippen molar-refractivity contribution in [1.82, 2.24) is 0 Å². The zero-order valence-corrected chi connectivity index (χ0v) is 15.0. The zero-order chi connectivity index (χ0) is 19.1. The molecule has 0 bridgehead atoms. The zero-order valence-electron chi connectivity index (χ0n) is 15.0. The summed E-state index contributed by atoms with van der Waals surface area (Å²) in [6.45, 7) is 0. The molecule has 2 aromatic carbocycles. The summed E-state index contributed by atoms with van der Waals surface area (Å²) in [6, 6.07) is 8.32. The van der Waals surface area contributed by atoms with E-state index < -0.39 is 0 Å². The molecule has 0 atom stereocenters. The first-order valence-electron chi connectivity index (χ1n) is 7.95. The van der Waals surface area contributed by atoms with Crippen LogP contribution in [0, 0.1) is 0 Å². The minimum atomic E-state index is -0.204. The lowest BCUT2D eigenvalue weighted by Gasteiger charge is -2.13. The average molecular weight is 358 g/mol. The Labute approximate surface area is 152 Å². The van der Waals surface area contributed by atoms with Gasteiger partial charge in [-0.05, 0) is 30.7 Å². The SMILES string of the molecule is COc1cc(C=O)c(CCC(=O)Nc2ccc(OC)c(N)c2)c(OC)c1. The second-order valence-corrected chi connectivity index (χ2v) is 5.52. The lowest BCUT2D eigenvalue weighted by Crippen LogP contribution is -2.13. The molecule has 0 aromatic heterocycles. The molecular formula is C19H22N2O5.